The average molecular weight is 253 g/mol. The maximum absolute atomic E-state index is 12.0. The van der Waals surface area contributed by atoms with Gasteiger partial charge in [-0.1, -0.05) is 0 Å². The standard InChI is InChI=1S/C12H19N3OS/c1-8-5-10(3-4-13-8)12(16)14-6-11-9(2)15-7-17-11/h7-8,10,13H,3-6H2,1-2H3,(H,14,16). The summed E-state index contributed by atoms with van der Waals surface area (Å²) in [5, 5.41) is 6.38. The van der Waals surface area contributed by atoms with Gasteiger partial charge in [-0.15, -0.1) is 11.3 Å². The predicted molar refractivity (Wildman–Crippen MR) is 68.9 cm³/mol. The van der Waals surface area contributed by atoms with Gasteiger partial charge >= 0.3 is 0 Å². The number of thiazole rings is 1. The fourth-order valence-corrected chi connectivity index (χ4v) is 2.89. The van der Waals surface area contributed by atoms with Gasteiger partial charge in [0.2, 0.25) is 5.91 Å². The number of hydrogen-bond acceptors (Lipinski definition) is 4. The van der Waals surface area contributed by atoms with Crippen LogP contribution >= 0.6 is 11.3 Å². The smallest absolute Gasteiger partial charge is 0.223 e. The number of piperidine rings is 1. The minimum atomic E-state index is 0.166. The van der Waals surface area contributed by atoms with Crippen molar-refractivity contribution in [1.82, 2.24) is 15.6 Å². The first kappa shape index (κ1) is 12.5. The number of aromatic nitrogens is 1. The molecular formula is C12H19N3OS. The summed E-state index contributed by atoms with van der Waals surface area (Å²) in [6.45, 7) is 5.67. The Morgan fingerprint density at radius 3 is 3.18 bits per heavy atom. The van der Waals surface area contributed by atoms with Gasteiger partial charge in [0.1, 0.15) is 0 Å². The Morgan fingerprint density at radius 2 is 2.53 bits per heavy atom. The summed E-state index contributed by atoms with van der Waals surface area (Å²) >= 11 is 1.60. The Morgan fingerprint density at radius 1 is 1.71 bits per heavy atom. The lowest BCUT2D eigenvalue weighted by Crippen LogP contribution is -2.42. The summed E-state index contributed by atoms with van der Waals surface area (Å²) < 4.78 is 0. The summed E-state index contributed by atoms with van der Waals surface area (Å²) in [7, 11) is 0. The Bertz CT molecular complexity index is 391. The molecule has 0 bridgehead atoms. The highest BCUT2D eigenvalue weighted by Gasteiger charge is 2.24. The number of carbonyl (C=O) groups excluding carboxylic acids is 1. The second-order valence-electron chi connectivity index (χ2n) is 4.66. The molecule has 17 heavy (non-hydrogen) atoms. The van der Waals surface area contributed by atoms with Gasteiger partial charge in [-0.3, -0.25) is 4.79 Å². The van der Waals surface area contributed by atoms with Gasteiger partial charge in [-0.25, -0.2) is 4.98 Å². The largest absolute Gasteiger partial charge is 0.351 e. The van der Waals surface area contributed by atoms with E-state index >= 15 is 0 Å². The highest BCUT2D eigenvalue weighted by Crippen LogP contribution is 2.17. The zero-order valence-corrected chi connectivity index (χ0v) is 11.1. The van der Waals surface area contributed by atoms with E-state index in [9.17, 15) is 4.79 Å². The van der Waals surface area contributed by atoms with E-state index in [1.54, 1.807) is 11.3 Å². The molecule has 0 spiro atoms. The highest BCUT2D eigenvalue weighted by molar-refractivity contribution is 7.09. The number of hydrogen-bond donors (Lipinski definition) is 2. The van der Waals surface area contributed by atoms with Crippen molar-refractivity contribution in [3.63, 3.8) is 0 Å². The quantitative estimate of drug-likeness (QED) is 0.857. The lowest BCUT2D eigenvalue weighted by Gasteiger charge is -2.27. The van der Waals surface area contributed by atoms with Crippen LogP contribution in [0.15, 0.2) is 5.51 Å². The van der Waals surface area contributed by atoms with Gasteiger partial charge in [0.05, 0.1) is 17.7 Å². The van der Waals surface area contributed by atoms with Crippen LogP contribution in [0.5, 0.6) is 0 Å². The van der Waals surface area contributed by atoms with Crippen molar-refractivity contribution in [1.29, 1.82) is 0 Å². The van der Waals surface area contributed by atoms with E-state index in [1.165, 1.54) is 0 Å². The molecular weight excluding hydrogens is 234 g/mol. The summed E-state index contributed by atoms with van der Waals surface area (Å²) in [5.74, 6) is 0.352. The molecule has 2 rings (SSSR count). The second-order valence-corrected chi connectivity index (χ2v) is 5.59. The fraction of sp³-hybridized carbons (Fsp3) is 0.667. The number of rotatable bonds is 3. The third-order valence-electron chi connectivity index (χ3n) is 3.26. The number of aryl methyl sites for hydroxylation is 1. The zero-order chi connectivity index (χ0) is 12.3. The van der Waals surface area contributed by atoms with E-state index < -0.39 is 0 Å². The number of carbonyl (C=O) groups is 1. The Kier molecular flexibility index (Phi) is 4.12. The minimum Gasteiger partial charge on any atom is -0.351 e. The predicted octanol–water partition coefficient (Wildman–Crippen LogP) is 1.46. The van der Waals surface area contributed by atoms with Gasteiger partial charge < -0.3 is 10.6 Å². The number of nitrogens with zero attached hydrogens (tertiary/aromatic N) is 1. The molecule has 1 aromatic heterocycles. The molecule has 0 saturated carbocycles. The van der Waals surface area contributed by atoms with Crippen molar-refractivity contribution in [3.05, 3.63) is 16.1 Å². The van der Waals surface area contributed by atoms with Crippen molar-refractivity contribution < 1.29 is 4.79 Å². The van der Waals surface area contributed by atoms with Crippen molar-refractivity contribution in [2.24, 2.45) is 5.92 Å². The number of amides is 1. The third-order valence-corrected chi connectivity index (χ3v) is 4.20. The van der Waals surface area contributed by atoms with E-state index in [2.05, 4.69) is 22.5 Å². The Balaban J connectivity index is 1.83. The minimum absolute atomic E-state index is 0.166. The molecule has 2 N–H and O–H groups in total. The van der Waals surface area contributed by atoms with E-state index in [-0.39, 0.29) is 11.8 Å². The molecule has 4 nitrogen and oxygen atoms in total. The molecule has 1 aliphatic heterocycles. The van der Waals surface area contributed by atoms with Gasteiger partial charge in [0.15, 0.2) is 0 Å². The molecule has 0 radical (unpaired) electrons. The van der Waals surface area contributed by atoms with Gasteiger partial charge in [-0.05, 0) is 33.2 Å². The molecule has 1 fully saturated rings. The summed E-state index contributed by atoms with van der Waals surface area (Å²) in [6, 6.07) is 0.449. The first-order valence-electron chi connectivity index (χ1n) is 6.07. The summed E-state index contributed by atoms with van der Waals surface area (Å²) in [6.07, 6.45) is 1.88. The summed E-state index contributed by atoms with van der Waals surface area (Å²) in [4.78, 5) is 17.3. The lowest BCUT2D eigenvalue weighted by atomic mass is 9.92. The molecule has 2 heterocycles. The maximum Gasteiger partial charge on any atom is 0.223 e. The molecule has 1 aliphatic rings. The SMILES string of the molecule is Cc1ncsc1CNC(=O)C1CCNC(C)C1. The van der Waals surface area contributed by atoms with Crippen LogP contribution in [0.25, 0.3) is 0 Å². The van der Waals surface area contributed by atoms with E-state index in [4.69, 9.17) is 0 Å². The van der Waals surface area contributed by atoms with Gasteiger partial charge in [-0.2, -0.15) is 0 Å². The zero-order valence-electron chi connectivity index (χ0n) is 10.3. The number of nitrogens with one attached hydrogen (secondary N) is 2. The Labute approximate surface area is 106 Å². The monoisotopic (exact) mass is 253 g/mol. The van der Waals surface area contributed by atoms with Crippen molar-refractivity contribution in [2.45, 2.75) is 39.3 Å². The Hall–Kier alpha value is -0.940. The molecule has 0 aromatic carbocycles. The first-order chi connectivity index (χ1) is 8.16. The molecule has 5 heteroatoms. The van der Waals surface area contributed by atoms with Crippen LogP contribution in [0.3, 0.4) is 0 Å². The average Bonchev–Trinajstić information content (AvgIpc) is 2.72. The maximum atomic E-state index is 12.0. The highest BCUT2D eigenvalue weighted by atomic mass is 32.1. The van der Waals surface area contributed by atoms with Crippen LogP contribution in [0.1, 0.15) is 30.3 Å². The molecule has 1 saturated heterocycles. The third kappa shape index (κ3) is 3.26. The van der Waals surface area contributed by atoms with Crippen LogP contribution in [0.2, 0.25) is 0 Å². The normalized spacial score (nSPS) is 24.6. The summed E-state index contributed by atoms with van der Waals surface area (Å²) in [5.41, 5.74) is 2.85. The second kappa shape index (κ2) is 5.60. The molecule has 2 unspecified atom stereocenters. The lowest BCUT2D eigenvalue weighted by molar-refractivity contribution is -0.126. The topological polar surface area (TPSA) is 54.0 Å². The van der Waals surface area contributed by atoms with Crippen molar-refractivity contribution in [3.8, 4) is 0 Å². The molecule has 0 aliphatic carbocycles. The molecule has 94 valence electrons. The van der Waals surface area contributed by atoms with Crippen LogP contribution < -0.4 is 10.6 Å². The van der Waals surface area contributed by atoms with Crippen molar-refractivity contribution >= 4 is 17.2 Å². The van der Waals surface area contributed by atoms with E-state index in [0.717, 1.165) is 30.0 Å². The van der Waals surface area contributed by atoms with Crippen LogP contribution in [-0.4, -0.2) is 23.5 Å². The van der Waals surface area contributed by atoms with Crippen LogP contribution in [-0.2, 0) is 11.3 Å². The van der Waals surface area contributed by atoms with E-state index in [0.29, 0.717) is 12.6 Å². The molecule has 1 amide bonds. The first-order valence-corrected chi connectivity index (χ1v) is 6.95. The van der Waals surface area contributed by atoms with Crippen molar-refractivity contribution in [2.75, 3.05) is 6.54 Å². The fourth-order valence-electron chi connectivity index (χ4n) is 2.18. The molecule has 2 atom stereocenters. The van der Waals surface area contributed by atoms with Gasteiger partial charge in [0, 0.05) is 16.8 Å². The van der Waals surface area contributed by atoms with Crippen LogP contribution in [0.4, 0.5) is 0 Å². The molecule has 1 aromatic rings. The van der Waals surface area contributed by atoms with Crippen LogP contribution in [0, 0.1) is 12.8 Å². The van der Waals surface area contributed by atoms with E-state index in [1.807, 2.05) is 12.4 Å². The van der Waals surface area contributed by atoms with Gasteiger partial charge in [0.25, 0.3) is 0 Å².